The average Bonchev–Trinajstić information content (AvgIpc) is 3.03. The molecule has 0 spiro atoms. The molecule has 2 rings (SSSR count). The first kappa shape index (κ1) is 18.3. The predicted octanol–water partition coefficient (Wildman–Crippen LogP) is 1.88. The summed E-state index contributed by atoms with van der Waals surface area (Å²) in [7, 11) is 0. The van der Waals surface area contributed by atoms with Crippen LogP contribution in [0.15, 0.2) is 4.99 Å². The summed E-state index contributed by atoms with van der Waals surface area (Å²) in [5.41, 5.74) is 5.57. The zero-order valence-corrected chi connectivity index (χ0v) is 15.7. The Hall–Kier alpha value is -0.730. The number of hydrogen-bond donors (Lipinski definition) is 1. The minimum atomic E-state index is -0.448. The number of carbonyl (C=O) groups is 1. The molecule has 0 aromatic rings. The van der Waals surface area contributed by atoms with Crippen LogP contribution in [0.5, 0.6) is 0 Å². The molecular formula is C14H27IN4O2. The van der Waals surface area contributed by atoms with E-state index in [9.17, 15) is 4.79 Å². The van der Waals surface area contributed by atoms with Gasteiger partial charge in [0.15, 0.2) is 5.96 Å². The van der Waals surface area contributed by atoms with Crippen LogP contribution in [0.3, 0.4) is 0 Å². The second-order valence-electron chi connectivity index (χ2n) is 6.72. The van der Waals surface area contributed by atoms with Crippen molar-refractivity contribution in [2.45, 2.75) is 45.8 Å². The van der Waals surface area contributed by atoms with Crippen molar-refractivity contribution in [3.8, 4) is 0 Å². The minimum absolute atomic E-state index is 0. The molecule has 1 aliphatic carbocycles. The number of piperazine rings is 1. The summed E-state index contributed by atoms with van der Waals surface area (Å²) in [5, 5.41) is 0. The number of hydrogen-bond acceptors (Lipinski definition) is 3. The van der Waals surface area contributed by atoms with Crippen molar-refractivity contribution in [2.24, 2.45) is 16.6 Å². The molecule has 0 aromatic carbocycles. The molecule has 0 bridgehead atoms. The van der Waals surface area contributed by atoms with Gasteiger partial charge in [0.25, 0.3) is 0 Å². The fourth-order valence-corrected chi connectivity index (χ4v) is 2.18. The largest absolute Gasteiger partial charge is 0.444 e. The van der Waals surface area contributed by atoms with Gasteiger partial charge in [-0.3, -0.25) is 0 Å². The minimum Gasteiger partial charge on any atom is -0.444 e. The van der Waals surface area contributed by atoms with E-state index in [1.165, 1.54) is 0 Å². The van der Waals surface area contributed by atoms with E-state index < -0.39 is 5.60 Å². The molecular weight excluding hydrogens is 383 g/mol. The molecule has 1 aliphatic heterocycles. The second kappa shape index (κ2) is 7.02. The van der Waals surface area contributed by atoms with Gasteiger partial charge in [0.05, 0.1) is 6.04 Å². The van der Waals surface area contributed by atoms with Crippen molar-refractivity contribution >= 4 is 36.0 Å². The Kier molecular flexibility index (Phi) is 6.12. The quantitative estimate of drug-likeness (QED) is 0.407. The first-order valence-electron chi connectivity index (χ1n) is 7.32. The van der Waals surface area contributed by atoms with Crippen LogP contribution in [0.2, 0.25) is 0 Å². The van der Waals surface area contributed by atoms with Gasteiger partial charge in [0.2, 0.25) is 0 Å². The highest BCUT2D eigenvalue weighted by molar-refractivity contribution is 14.0. The van der Waals surface area contributed by atoms with E-state index in [0.717, 1.165) is 19.5 Å². The molecule has 2 unspecified atom stereocenters. The molecule has 2 fully saturated rings. The van der Waals surface area contributed by atoms with Gasteiger partial charge >= 0.3 is 6.09 Å². The molecule has 0 aromatic heterocycles. The highest BCUT2D eigenvalue weighted by atomic mass is 127. The summed E-state index contributed by atoms with van der Waals surface area (Å²) >= 11 is 0. The van der Waals surface area contributed by atoms with Gasteiger partial charge in [-0.1, -0.05) is 6.92 Å². The van der Waals surface area contributed by atoms with Crippen LogP contribution in [0.25, 0.3) is 0 Å². The number of guanidine groups is 1. The van der Waals surface area contributed by atoms with E-state index in [0.29, 0.717) is 31.0 Å². The third-order valence-corrected chi connectivity index (χ3v) is 3.62. The normalized spacial score (nSPS) is 26.2. The van der Waals surface area contributed by atoms with Crippen molar-refractivity contribution in [3.05, 3.63) is 0 Å². The molecule has 2 atom stereocenters. The fourth-order valence-electron chi connectivity index (χ4n) is 2.18. The van der Waals surface area contributed by atoms with Crippen molar-refractivity contribution in [2.75, 3.05) is 26.2 Å². The Bertz CT molecular complexity index is 400. The van der Waals surface area contributed by atoms with Gasteiger partial charge < -0.3 is 20.3 Å². The number of aliphatic imine (C=N–C) groups is 1. The van der Waals surface area contributed by atoms with Crippen molar-refractivity contribution in [3.63, 3.8) is 0 Å². The number of nitrogens with two attached hydrogens (primary N) is 1. The lowest BCUT2D eigenvalue weighted by molar-refractivity contribution is 0.0186. The molecule has 6 nitrogen and oxygen atoms in total. The number of rotatable bonds is 1. The second-order valence-corrected chi connectivity index (χ2v) is 6.72. The molecule has 1 saturated heterocycles. The lowest BCUT2D eigenvalue weighted by Crippen LogP contribution is -2.53. The van der Waals surface area contributed by atoms with E-state index in [2.05, 4.69) is 11.9 Å². The molecule has 21 heavy (non-hydrogen) atoms. The van der Waals surface area contributed by atoms with Gasteiger partial charge in [-0.2, -0.15) is 0 Å². The number of amides is 1. The molecule has 1 heterocycles. The molecule has 122 valence electrons. The zero-order valence-electron chi connectivity index (χ0n) is 13.3. The van der Waals surface area contributed by atoms with Gasteiger partial charge in [0.1, 0.15) is 5.60 Å². The smallest absolute Gasteiger partial charge is 0.410 e. The van der Waals surface area contributed by atoms with Crippen LogP contribution < -0.4 is 5.73 Å². The van der Waals surface area contributed by atoms with Crippen LogP contribution >= 0.6 is 24.0 Å². The third kappa shape index (κ3) is 5.52. The highest BCUT2D eigenvalue weighted by Gasteiger charge is 2.33. The topological polar surface area (TPSA) is 71.2 Å². The Morgan fingerprint density at radius 2 is 1.67 bits per heavy atom. The predicted molar refractivity (Wildman–Crippen MR) is 94.0 cm³/mol. The molecule has 2 aliphatic rings. The van der Waals surface area contributed by atoms with Gasteiger partial charge in [-0.15, -0.1) is 24.0 Å². The highest BCUT2D eigenvalue weighted by Crippen LogP contribution is 2.32. The van der Waals surface area contributed by atoms with Crippen molar-refractivity contribution in [1.82, 2.24) is 9.80 Å². The van der Waals surface area contributed by atoms with Crippen LogP contribution in [0, 0.1) is 5.92 Å². The molecule has 2 N–H and O–H groups in total. The maximum absolute atomic E-state index is 11.9. The molecule has 1 amide bonds. The van der Waals surface area contributed by atoms with Crippen molar-refractivity contribution in [1.29, 1.82) is 0 Å². The Labute approximate surface area is 144 Å². The van der Waals surface area contributed by atoms with Gasteiger partial charge in [-0.25, -0.2) is 9.79 Å². The summed E-state index contributed by atoms with van der Waals surface area (Å²) in [6.45, 7) is 10.5. The number of carbonyl (C=O) groups excluding carboxylic acids is 1. The standard InChI is InChI=1S/C14H26N4O2.HI/c1-10-9-11(10)16-12(15)17-5-7-18(8-6-17)13(19)20-14(2,3)4;/h10-11H,5-9H2,1-4H3,(H2,15,16);1H. The number of halogens is 1. The Morgan fingerprint density at radius 3 is 2.10 bits per heavy atom. The summed E-state index contributed by atoms with van der Waals surface area (Å²) in [6, 6.07) is 0.402. The SMILES string of the molecule is CC1CC1N=C(N)N1CCN(C(=O)OC(C)(C)C)CC1.I. The zero-order chi connectivity index (χ0) is 14.9. The van der Waals surface area contributed by atoms with Crippen molar-refractivity contribution < 1.29 is 9.53 Å². The van der Waals surface area contributed by atoms with Crippen LogP contribution in [-0.2, 0) is 4.74 Å². The van der Waals surface area contributed by atoms with Crippen LogP contribution in [0.4, 0.5) is 4.79 Å². The van der Waals surface area contributed by atoms with E-state index in [4.69, 9.17) is 10.5 Å². The number of ether oxygens (including phenoxy) is 1. The molecule has 0 radical (unpaired) electrons. The Balaban J connectivity index is 0.00000220. The van der Waals surface area contributed by atoms with E-state index in [1.54, 1.807) is 4.90 Å². The summed E-state index contributed by atoms with van der Waals surface area (Å²) in [4.78, 5) is 20.2. The fraction of sp³-hybridized carbons (Fsp3) is 0.857. The first-order chi connectivity index (χ1) is 9.26. The first-order valence-corrected chi connectivity index (χ1v) is 7.32. The van der Waals surface area contributed by atoms with Crippen LogP contribution in [-0.4, -0.2) is 59.7 Å². The molecule has 1 saturated carbocycles. The lowest BCUT2D eigenvalue weighted by atomic mass is 10.2. The average molecular weight is 410 g/mol. The van der Waals surface area contributed by atoms with E-state index in [-0.39, 0.29) is 30.1 Å². The van der Waals surface area contributed by atoms with E-state index in [1.807, 2.05) is 25.7 Å². The third-order valence-electron chi connectivity index (χ3n) is 3.62. The summed E-state index contributed by atoms with van der Waals surface area (Å²) in [5.74, 6) is 1.28. The summed E-state index contributed by atoms with van der Waals surface area (Å²) in [6.07, 6.45) is 0.891. The van der Waals surface area contributed by atoms with Gasteiger partial charge in [0, 0.05) is 26.2 Å². The van der Waals surface area contributed by atoms with E-state index >= 15 is 0 Å². The Morgan fingerprint density at radius 1 is 1.19 bits per heavy atom. The van der Waals surface area contributed by atoms with Gasteiger partial charge in [-0.05, 0) is 33.1 Å². The summed E-state index contributed by atoms with van der Waals surface area (Å²) < 4.78 is 5.37. The molecule has 7 heteroatoms. The lowest BCUT2D eigenvalue weighted by Gasteiger charge is -2.36. The monoisotopic (exact) mass is 410 g/mol. The van der Waals surface area contributed by atoms with Crippen LogP contribution in [0.1, 0.15) is 34.1 Å². The number of nitrogens with zero attached hydrogens (tertiary/aromatic N) is 3. The maximum Gasteiger partial charge on any atom is 0.410 e. The maximum atomic E-state index is 11.9.